The van der Waals surface area contributed by atoms with Gasteiger partial charge < -0.3 is 10.2 Å². The summed E-state index contributed by atoms with van der Waals surface area (Å²) in [4.78, 5) is 14.8. The van der Waals surface area contributed by atoms with Crippen molar-refractivity contribution in [3.63, 3.8) is 0 Å². The van der Waals surface area contributed by atoms with Gasteiger partial charge in [-0.3, -0.25) is 4.79 Å². The molecule has 1 unspecified atom stereocenters. The van der Waals surface area contributed by atoms with E-state index in [1.165, 1.54) is 12.0 Å². The molecule has 1 amide bonds. The first-order chi connectivity index (χ1) is 9.27. The lowest BCUT2D eigenvalue weighted by Crippen LogP contribution is -2.52. The summed E-state index contributed by atoms with van der Waals surface area (Å²) in [6, 6.07) is 8.66. The number of carbonyl (C=O) groups is 1. The van der Waals surface area contributed by atoms with E-state index >= 15 is 0 Å². The number of amides is 1. The summed E-state index contributed by atoms with van der Waals surface area (Å²) in [6.07, 6.45) is 5.47. The number of aryl methyl sites for hydroxylation is 1. The van der Waals surface area contributed by atoms with Gasteiger partial charge in [0.15, 0.2) is 0 Å². The Morgan fingerprint density at radius 3 is 2.89 bits per heavy atom. The minimum Gasteiger partial charge on any atom is -0.308 e. The van der Waals surface area contributed by atoms with Crippen LogP contribution in [0.4, 0.5) is 5.69 Å². The Labute approximate surface area is 115 Å². The molecule has 102 valence electrons. The highest BCUT2D eigenvalue weighted by Gasteiger charge is 2.32. The summed E-state index contributed by atoms with van der Waals surface area (Å²) >= 11 is 0. The van der Waals surface area contributed by atoms with Crippen molar-refractivity contribution in [2.24, 2.45) is 0 Å². The average Bonchev–Trinajstić information content (AvgIpc) is 2.47. The van der Waals surface area contributed by atoms with Crippen LogP contribution < -0.4 is 10.2 Å². The van der Waals surface area contributed by atoms with Crippen LogP contribution in [0, 0.1) is 0 Å². The van der Waals surface area contributed by atoms with Gasteiger partial charge in [0.25, 0.3) is 0 Å². The van der Waals surface area contributed by atoms with E-state index in [0.29, 0.717) is 6.04 Å². The maximum Gasteiger partial charge on any atom is 0.244 e. The molecule has 1 aromatic rings. The summed E-state index contributed by atoms with van der Waals surface area (Å²) in [6.45, 7) is 3.14. The Bertz CT molecular complexity index is 466. The fourth-order valence-electron chi connectivity index (χ4n) is 3.25. The summed E-state index contributed by atoms with van der Waals surface area (Å²) in [7, 11) is 0. The summed E-state index contributed by atoms with van der Waals surface area (Å²) in [5.74, 6) is 0.263. The van der Waals surface area contributed by atoms with Gasteiger partial charge in [-0.25, -0.2) is 0 Å². The molecule has 19 heavy (non-hydrogen) atoms. The van der Waals surface area contributed by atoms with Gasteiger partial charge in [0, 0.05) is 11.7 Å². The van der Waals surface area contributed by atoms with Crippen molar-refractivity contribution in [1.29, 1.82) is 0 Å². The fraction of sp³-hybridized carbons (Fsp3) is 0.562. The second-order valence-electron chi connectivity index (χ2n) is 5.73. The van der Waals surface area contributed by atoms with Crippen molar-refractivity contribution in [2.75, 3.05) is 11.4 Å². The maximum atomic E-state index is 12.8. The molecule has 1 aromatic carbocycles. The number of benzene rings is 1. The van der Waals surface area contributed by atoms with Gasteiger partial charge in [0.05, 0.1) is 6.04 Å². The first kappa shape index (κ1) is 12.7. The number of anilines is 1. The van der Waals surface area contributed by atoms with Crippen LogP contribution in [0.1, 0.15) is 38.2 Å². The molecule has 0 bridgehead atoms. The van der Waals surface area contributed by atoms with Crippen LogP contribution in [0.15, 0.2) is 24.3 Å². The van der Waals surface area contributed by atoms with E-state index in [1.807, 2.05) is 11.0 Å². The largest absolute Gasteiger partial charge is 0.308 e. The Morgan fingerprint density at radius 1 is 1.26 bits per heavy atom. The lowest BCUT2D eigenvalue weighted by Gasteiger charge is -2.38. The summed E-state index contributed by atoms with van der Waals surface area (Å²) in [5, 5.41) is 3.38. The molecule has 0 saturated carbocycles. The second-order valence-corrected chi connectivity index (χ2v) is 5.73. The highest BCUT2D eigenvalue weighted by molar-refractivity contribution is 5.98. The van der Waals surface area contributed by atoms with Crippen LogP contribution in [0.5, 0.6) is 0 Å². The Kier molecular flexibility index (Phi) is 3.56. The number of piperidine rings is 1. The Morgan fingerprint density at radius 2 is 2.11 bits per heavy atom. The molecule has 0 aliphatic carbocycles. The molecule has 0 spiro atoms. The fourth-order valence-corrected chi connectivity index (χ4v) is 3.25. The zero-order chi connectivity index (χ0) is 13.2. The van der Waals surface area contributed by atoms with Gasteiger partial charge >= 0.3 is 0 Å². The van der Waals surface area contributed by atoms with Crippen molar-refractivity contribution in [2.45, 2.75) is 51.1 Å². The van der Waals surface area contributed by atoms with Crippen LogP contribution in [-0.2, 0) is 11.2 Å². The molecule has 3 rings (SSSR count). The van der Waals surface area contributed by atoms with Gasteiger partial charge in [-0.15, -0.1) is 0 Å². The van der Waals surface area contributed by atoms with Crippen LogP contribution in [-0.4, -0.2) is 24.5 Å². The van der Waals surface area contributed by atoms with Gasteiger partial charge in [-0.1, -0.05) is 24.6 Å². The van der Waals surface area contributed by atoms with Crippen LogP contribution in [0.3, 0.4) is 0 Å². The van der Waals surface area contributed by atoms with Crippen molar-refractivity contribution in [3.8, 4) is 0 Å². The summed E-state index contributed by atoms with van der Waals surface area (Å²) in [5.41, 5.74) is 2.43. The standard InChI is InChI=1S/C16H22N2O/c1-12-9-10-13-6-2-3-8-15(13)18(12)16(19)14-7-4-5-11-17-14/h2-3,6,8,12,14,17H,4-5,7,9-11H2,1H3/t12?,14-/m1/s1. The third kappa shape index (κ3) is 2.39. The smallest absolute Gasteiger partial charge is 0.244 e. The van der Waals surface area contributed by atoms with Crippen LogP contribution in [0.25, 0.3) is 0 Å². The molecule has 2 aliphatic rings. The highest BCUT2D eigenvalue weighted by atomic mass is 16.2. The number of nitrogens with one attached hydrogen (secondary N) is 1. The van der Waals surface area contributed by atoms with E-state index in [9.17, 15) is 4.79 Å². The molecule has 3 nitrogen and oxygen atoms in total. The van der Waals surface area contributed by atoms with Gasteiger partial charge in [-0.2, -0.15) is 0 Å². The normalized spacial score (nSPS) is 26.9. The van der Waals surface area contributed by atoms with E-state index in [4.69, 9.17) is 0 Å². The van der Waals surface area contributed by atoms with E-state index in [2.05, 4.69) is 30.4 Å². The van der Waals surface area contributed by atoms with Gasteiger partial charge in [0.2, 0.25) is 5.91 Å². The third-order valence-electron chi connectivity index (χ3n) is 4.37. The van der Waals surface area contributed by atoms with Crippen LogP contribution in [0.2, 0.25) is 0 Å². The lowest BCUT2D eigenvalue weighted by molar-refractivity contribution is -0.121. The third-order valence-corrected chi connectivity index (χ3v) is 4.37. The SMILES string of the molecule is CC1CCc2ccccc2N1C(=O)[C@H]1CCCCN1. The number of para-hydroxylation sites is 1. The molecule has 2 atom stereocenters. The Balaban J connectivity index is 1.88. The zero-order valence-electron chi connectivity index (χ0n) is 11.6. The predicted molar refractivity (Wildman–Crippen MR) is 77.4 cm³/mol. The Hall–Kier alpha value is -1.35. The molecule has 0 aromatic heterocycles. The first-order valence-electron chi connectivity index (χ1n) is 7.42. The highest BCUT2D eigenvalue weighted by Crippen LogP contribution is 2.31. The number of carbonyl (C=O) groups excluding carboxylic acids is 1. The molecule has 3 heteroatoms. The molecule has 2 heterocycles. The number of hydrogen-bond acceptors (Lipinski definition) is 2. The van der Waals surface area contributed by atoms with Gasteiger partial charge in [0.1, 0.15) is 0 Å². The second kappa shape index (κ2) is 5.33. The molecular weight excluding hydrogens is 236 g/mol. The maximum absolute atomic E-state index is 12.8. The van der Waals surface area contributed by atoms with Crippen molar-refractivity contribution in [1.82, 2.24) is 5.32 Å². The number of fused-ring (bicyclic) bond motifs is 1. The topological polar surface area (TPSA) is 32.3 Å². The van der Waals surface area contributed by atoms with E-state index in [-0.39, 0.29) is 11.9 Å². The molecule has 1 fully saturated rings. The van der Waals surface area contributed by atoms with Crippen molar-refractivity contribution >= 4 is 11.6 Å². The molecule has 2 aliphatic heterocycles. The molecular formula is C16H22N2O. The zero-order valence-corrected chi connectivity index (χ0v) is 11.6. The number of hydrogen-bond donors (Lipinski definition) is 1. The van der Waals surface area contributed by atoms with Crippen LogP contribution >= 0.6 is 0 Å². The van der Waals surface area contributed by atoms with Gasteiger partial charge in [-0.05, 0) is 50.8 Å². The predicted octanol–water partition coefficient (Wildman–Crippen LogP) is 2.50. The van der Waals surface area contributed by atoms with Crippen molar-refractivity contribution in [3.05, 3.63) is 29.8 Å². The minimum atomic E-state index is 0.0161. The minimum absolute atomic E-state index is 0.0161. The number of nitrogens with zero attached hydrogens (tertiary/aromatic N) is 1. The quantitative estimate of drug-likeness (QED) is 0.839. The summed E-state index contributed by atoms with van der Waals surface area (Å²) < 4.78 is 0. The number of rotatable bonds is 1. The lowest BCUT2D eigenvalue weighted by atomic mass is 9.94. The van der Waals surface area contributed by atoms with E-state index in [1.54, 1.807) is 0 Å². The average molecular weight is 258 g/mol. The van der Waals surface area contributed by atoms with E-state index in [0.717, 1.165) is 37.9 Å². The monoisotopic (exact) mass is 258 g/mol. The van der Waals surface area contributed by atoms with E-state index < -0.39 is 0 Å². The molecule has 1 N–H and O–H groups in total. The van der Waals surface area contributed by atoms with Crippen molar-refractivity contribution < 1.29 is 4.79 Å². The molecule has 0 radical (unpaired) electrons. The first-order valence-corrected chi connectivity index (χ1v) is 7.42. The molecule has 1 saturated heterocycles.